The molecule has 1 nitrogen and oxygen atoms in total. The lowest BCUT2D eigenvalue weighted by molar-refractivity contribution is 0.553. The molecule has 1 aliphatic rings. The van der Waals surface area contributed by atoms with E-state index in [1.54, 1.807) is 6.20 Å². The fourth-order valence-corrected chi connectivity index (χ4v) is 1.47. The highest BCUT2D eigenvalue weighted by molar-refractivity contribution is 6.29. The maximum absolute atomic E-state index is 5.74. The molecule has 11 heavy (non-hydrogen) atoms. The Morgan fingerprint density at radius 3 is 2.91 bits per heavy atom. The third-order valence-electron chi connectivity index (χ3n) is 2.11. The number of halogens is 1. The first-order valence-electron chi connectivity index (χ1n) is 3.81. The summed E-state index contributed by atoms with van der Waals surface area (Å²) in [7, 11) is 0. The van der Waals surface area contributed by atoms with Gasteiger partial charge in [-0.3, -0.25) is 0 Å². The Morgan fingerprint density at radius 1 is 1.55 bits per heavy atom. The molecule has 57 valence electrons. The van der Waals surface area contributed by atoms with Gasteiger partial charge < -0.3 is 0 Å². The maximum atomic E-state index is 5.74. The van der Waals surface area contributed by atoms with Gasteiger partial charge in [0.1, 0.15) is 5.15 Å². The highest BCUT2D eigenvalue weighted by atomic mass is 35.5. The van der Waals surface area contributed by atoms with E-state index in [9.17, 15) is 0 Å². The van der Waals surface area contributed by atoms with Crippen LogP contribution in [0.1, 0.15) is 24.3 Å². The van der Waals surface area contributed by atoms with Crippen molar-refractivity contribution in [3.63, 3.8) is 0 Å². The monoisotopic (exact) mass is 166 g/mol. The van der Waals surface area contributed by atoms with Crippen LogP contribution in [-0.2, 0) is 0 Å². The predicted molar refractivity (Wildman–Crippen MR) is 45.5 cm³/mol. The van der Waals surface area contributed by atoms with Crippen LogP contribution in [-0.4, -0.2) is 4.98 Å². The van der Waals surface area contributed by atoms with Gasteiger partial charge in [-0.15, -0.1) is 0 Å². The van der Waals surface area contributed by atoms with Crippen molar-refractivity contribution in [1.82, 2.24) is 4.98 Å². The van der Waals surface area contributed by atoms with E-state index in [1.165, 1.54) is 18.4 Å². The van der Waals surface area contributed by atoms with Crippen LogP contribution in [0.5, 0.6) is 0 Å². The molecule has 1 aliphatic carbocycles. The molecular formula is C9H9ClN. The van der Waals surface area contributed by atoms with E-state index in [-0.39, 0.29) is 0 Å². The largest absolute Gasteiger partial charge is 0.245 e. The molecule has 0 bridgehead atoms. The van der Waals surface area contributed by atoms with E-state index in [0.717, 1.165) is 0 Å². The summed E-state index contributed by atoms with van der Waals surface area (Å²) in [5, 5.41) is 0.600. The number of pyridine rings is 1. The second-order valence-corrected chi connectivity index (χ2v) is 3.22. The second-order valence-electron chi connectivity index (χ2n) is 2.83. The van der Waals surface area contributed by atoms with Crippen molar-refractivity contribution in [3.8, 4) is 0 Å². The van der Waals surface area contributed by atoms with E-state index in [2.05, 4.69) is 11.4 Å². The summed E-state index contributed by atoms with van der Waals surface area (Å²) >= 11 is 5.74. The number of hydrogen-bond donors (Lipinski definition) is 0. The van der Waals surface area contributed by atoms with Crippen molar-refractivity contribution >= 4 is 11.6 Å². The van der Waals surface area contributed by atoms with Crippen LogP contribution in [0.3, 0.4) is 0 Å². The van der Waals surface area contributed by atoms with E-state index < -0.39 is 0 Å². The van der Waals surface area contributed by atoms with Crippen LogP contribution >= 0.6 is 11.6 Å². The minimum Gasteiger partial charge on any atom is -0.245 e. The van der Waals surface area contributed by atoms with Crippen LogP contribution < -0.4 is 0 Å². The first kappa shape index (κ1) is 7.11. The average molecular weight is 167 g/mol. The highest BCUT2D eigenvalue weighted by Crippen LogP contribution is 2.35. The summed E-state index contributed by atoms with van der Waals surface area (Å²) in [5.41, 5.74) is 1.30. The molecule has 1 aromatic rings. The van der Waals surface area contributed by atoms with Gasteiger partial charge in [0, 0.05) is 6.20 Å². The first-order chi connectivity index (χ1) is 5.36. The topological polar surface area (TPSA) is 12.9 Å². The summed E-state index contributed by atoms with van der Waals surface area (Å²) in [5.74, 6) is 0.635. The lowest BCUT2D eigenvalue weighted by atomic mass is 9.80. The fraction of sp³-hybridized carbons (Fsp3) is 0.333. The standard InChI is InChI=1S/C9H9ClN/c10-9-6-8(4-5-11-9)7-2-1-3-7/h2,4-7H,1,3H2. The molecular weight excluding hydrogens is 158 g/mol. The second kappa shape index (κ2) is 2.82. The zero-order valence-corrected chi connectivity index (χ0v) is 6.88. The Balaban J connectivity index is 2.23. The molecule has 1 aromatic heterocycles. The molecule has 1 heterocycles. The minimum atomic E-state index is 0.600. The van der Waals surface area contributed by atoms with Crippen molar-refractivity contribution in [3.05, 3.63) is 35.5 Å². The Morgan fingerprint density at radius 2 is 2.36 bits per heavy atom. The summed E-state index contributed by atoms with van der Waals surface area (Å²) in [6, 6.07) is 3.98. The highest BCUT2D eigenvalue weighted by Gasteiger charge is 2.19. The Hall–Kier alpha value is -0.560. The zero-order chi connectivity index (χ0) is 7.68. The lowest BCUT2D eigenvalue weighted by Gasteiger charge is -2.25. The SMILES string of the molecule is Clc1cc(C2[CH]CC2)ccn1. The molecule has 0 aliphatic heterocycles. The van der Waals surface area contributed by atoms with E-state index in [4.69, 9.17) is 11.6 Å². The van der Waals surface area contributed by atoms with E-state index in [0.29, 0.717) is 11.1 Å². The van der Waals surface area contributed by atoms with Crippen molar-refractivity contribution in [2.75, 3.05) is 0 Å². The number of hydrogen-bond acceptors (Lipinski definition) is 1. The van der Waals surface area contributed by atoms with Gasteiger partial charge >= 0.3 is 0 Å². The smallest absolute Gasteiger partial charge is 0.129 e. The van der Waals surface area contributed by atoms with Gasteiger partial charge in [0.15, 0.2) is 0 Å². The molecule has 0 saturated heterocycles. The quantitative estimate of drug-likeness (QED) is 0.585. The molecule has 0 spiro atoms. The van der Waals surface area contributed by atoms with Gasteiger partial charge in [-0.2, -0.15) is 0 Å². The van der Waals surface area contributed by atoms with Gasteiger partial charge in [0.05, 0.1) is 0 Å². The van der Waals surface area contributed by atoms with Crippen molar-refractivity contribution in [1.29, 1.82) is 0 Å². The molecule has 0 N–H and O–H groups in total. The minimum absolute atomic E-state index is 0.600. The summed E-state index contributed by atoms with van der Waals surface area (Å²) in [6.07, 6.45) is 6.58. The van der Waals surface area contributed by atoms with E-state index >= 15 is 0 Å². The van der Waals surface area contributed by atoms with Crippen LogP contribution in [0.15, 0.2) is 18.3 Å². The third kappa shape index (κ3) is 1.38. The Kier molecular flexibility index (Phi) is 1.82. The van der Waals surface area contributed by atoms with Crippen LogP contribution in [0.25, 0.3) is 0 Å². The maximum Gasteiger partial charge on any atom is 0.129 e. The Labute approximate surface area is 71.4 Å². The summed E-state index contributed by atoms with van der Waals surface area (Å²) in [6.45, 7) is 0. The Bertz CT molecular complexity index is 255. The van der Waals surface area contributed by atoms with Crippen LogP contribution in [0.4, 0.5) is 0 Å². The van der Waals surface area contributed by atoms with Crippen molar-refractivity contribution in [2.24, 2.45) is 0 Å². The molecule has 1 saturated carbocycles. The zero-order valence-electron chi connectivity index (χ0n) is 6.13. The molecule has 1 unspecified atom stereocenters. The molecule has 1 fully saturated rings. The number of nitrogens with zero attached hydrogens (tertiary/aromatic N) is 1. The normalized spacial score (nSPS) is 17.9. The van der Waals surface area contributed by atoms with Crippen LogP contribution in [0, 0.1) is 6.42 Å². The first-order valence-corrected chi connectivity index (χ1v) is 4.19. The number of aromatic nitrogens is 1. The van der Waals surface area contributed by atoms with Gasteiger partial charge in [0.25, 0.3) is 0 Å². The average Bonchev–Trinajstić information content (AvgIpc) is 1.83. The predicted octanol–water partition coefficient (Wildman–Crippen LogP) is 2.82. The van der Waals surface area contributed by atoms with Crippen LogP contribution in [0.2, 0.25) is 5.15 Å². The van der Waals surface area contributed by atoms with Crippen molar-refractivity contribution in [2.45, 2.75) is 18.8 Å². The van der Waals surface area contributed by atoms with E-state index in [1.807, 2.05) is 12.1 Å². The fourth-order valence-electron chi connectivity index (χ4n) is 1.28. The molecule has 1 radical (unpaired) electrons. The lowest BCUT2D eigenvalue weighted by Crippen LogP contribution is -2.09. The van der Waals surface area contributed by atoms with Gasteiger partial charge in [-0.1, -0.05) is 11.6 Å². The number of rotatable bonds is 1. The van der Waals surface area contributed by atoms with Gasteiger partial charge in [-0.05, 0) is 42.9 Å². The van der Waals surface area contributed by atoms with Gasteiger partial charge in [0.2, 0.25) is 0 Å². The van der Waals surface area contributed by atoms with Crippen molar-refractivity contribution < 1.29 is 0 Å². The molecule has 1 atom stereocenters. The molecule has 2 heteroatoms. The third-order valence-corrected chi connectivity index (χ3v) is 2.31. The molecule has 0 aromatic carbocycles. The summed E-state index contributed by atoms with van der Waals surface area (Å²) in [4.78, 5) is 3.93. The van der Waals surface area contributed by atoms with Gasteiger partial charge in [-0.25, -0.2) is 4.98 Å². The summed E-state index contributed by atoms with van der Waals surface area (Å²) < 4.78 is 0. The molecule has 0 amide bonds. The molecule has 2 rings (SSSR count).